The van der Waals surface area contributed by atoms with Crippen molar-refractivity contribution in [3.05, 3.63) is 59.7 Å². The predicted molar refractivity (Wildman–Crippen MR) is 128 cm³/mol. The highest BCUT2D eigenvalue weighted by Crippen LogP contribution is 2.32. The monoisotopic (exact) mass is 485 g/mol. The number of sulfone groups is 1. The first-order chi connectivity index (χ1) is 16.4. The van der Waals surface area contributed by atoms with Crippen molar-refractivity contribution in [3.63, 3.8) is 0 Å². The van der Waals surface area contributed by atoms with E-state index >= 15 is 0 Å². The van der Waals surface area contributed by atoms with E-state index in [0.717, 1.165) is 49.8 Å². The van der Waals surface area contributed by atoms with Crippen molar-refractivity contribution >= 4 is 15.7 Å². The van der Waals surface area contributed by atoms with E-state index in [1.165, 1.54) is 5.56 Å². The topological polar surface area (TPSA) is 79.4 Å². The Kier molecular flexibility index (Phi) is 6.76. The molecule has 0 radical (unpaired) electrons. The Morgan fingerprint density at radius 1 is 0.941 bits per heavy atom. The summed E-state index contributed by atoms with van der Waals surface area (Å²) in [5.41, 5.74) is 2.21. The summed E-state index contributed by atoms with van der Waals surface area (Å²) in [5, 5.41) is 0. The number of rotatable bonds is 7. The van der Waals surface area contributed by atoms with Crippen molar-refractivity contribution < 1.29 is 22.7 Å². The summed E-state index contributed by atoms with van der Waals surface area (Å²) < 4.78 is 35.0. The third kappa shape index (κ3) is 5.54. The first-order valence-corrected chi connectivity index (χ1v) is 13.6. The third-order valence-electron chi connectivity index (χ3n) is 6.83. The van der Waals surface area contributed by atoms with Gasteiger partial charge in [0.25, 0.3) is 0 Å². The lowest BCUT2D eigenvalue weighted by atomic mass is 10.1. The fraction of sp³-hybridized carbons (Fsp3) is 0.480. The summed E-state index contributed by atoms with van der Waals surface area (Å²) in [7, 11) is -3.07. The summed E-state index contributed by atoms with van der Waals surface area (Å²) in [4.78, 5) is 19.7. The summed E-state index contributed by atoms with van der Waals surface area (Å²) in [6.45, 7) is 5.23. The predicted octanol–water partition coefficient (Wildman–Crippen LogP) is 1.75. The standard InChI is InChI=1S/C25H31N3O5S/c29-25(28(16-20-4-2-1-3-5-20)22-8-13-34(30,31)18-22)17-27-11-9-26(10-12-27)15-21-6-7-23-24(14-21)33-19-32-23/h1-7,14,22H,8-13,15-19H2. The highest BCUT2D eigenvalue weighted by atomic mass is 32.2. The Balaban J connectivity index is 1.17. The van der Waals surface area contributed by atoms with E-state index in [4.69, 9.17) is 9.47 Å². The van der Waals surface area contributed by atoms with Gasteiger partial charge in [0.2, 0.25) is 12.7 Å². The molecule has 5 rings (SSSR count). The van der Waals surface area contributed by atoms with Crippen LogP contribution in [0.5, 0.6) is 11.5 Å². The van der Waals surface area contributed by atoms with Crippen LogP contribution in [0, 0.1) is 0 Å². The lowest BCUT2D eigenvalue weighted by molar-refractivity contribution is -0.135. The van der Waals surface area contributed by atoms with Crippen molar-refractivity contribution in [3.8, 4) is 11.5 Å². The van der Waals surface area contributed by atoms with Crippen LogP contribution in [0.15, 0.2) is 48.5 Å². The number of amides is 1. The first kappa shape index (κ1) is 23.1. The zero-order valence-corrected chi connectivity index (χ0v) is 20.1. The highest BCUT2D eigenvalue weighted by Gasteiger charge is 2.35. The number of fused-ring (bicyclic) bond motifs is 1. The molecule has 8 nitrogen and oxygen atoms in total. The van der Waals surface area contributed by atoms with Gasteiger partial charge in [-0.3, -0.25) is 14.6 Å². The summed E-state index contributed by atoms with van der Waals surface area (Å²) in [5.74, 6) is 1.83. The number of hydrogen-bond donors (Lipinski definition) is 0. The van der Waals surface area contributed by atoms with Crippen LogP contribution in [0.2, 0.25) is 0 Å². The van der Waals surface area contributed by atoms with Gasteiger partial charge in [-0.25, -0.2) is 8.42 Å². The van der Waals surface area contributed by atoms with Gasteiger partial charge < -0.3 is 14.4 Å². The van der Waals surface area contributed by atoms with Crippen LogP contribution in [0.3, 0.4) is 0 Å². The quantitative estimate of drug-likeness (QED) is 0.591. The SMILES string of the molecule is O=C(CN1CCN(Cc2ccc3c(c2)OCO3)CC1)N(Cc1ccccc1)C1CCS(=O)(=O)C1. The van der Waals surface area contributed by atoms with Gasteiger partial charge in [0, 0.05) is 45.3 Å². The lowest BCUT2D eigenvalue weighted by Gasteiger charge is -2.36. The van der Waals surface area contributed by atoms with Crippen molar-refractivity contribution in [2.45, 2.75) is 25.6 Å². The minimum absolute atomic E-state index is 0.00942. The second-order valence-electron chi connectivity index (χ2n) is 9.30. The number of carbonyl (C=O) groups excluding carboxylic acids is 1. The minimum Gasteiger partial charge on any atom is -0.454 e. The average molecular weight is 486 g/mol. The Morgan fingerprint density at radius 2 is 1.68 bits per heavy atom. The van der Waals surface area contributed by atoms with Crippen LogP contribution >= 0.6 is 0 Å². The third-order valence-corrected chi connectivity index (χ3v) is 8.58. The van der Waals surface area contributed by atoms with E-state index in [2.05, 4.69) is 15.9 Å². The molecule has 2 fully saturated rings. The van der Waals surface area contributed by atoms with Gasteiger partial charge in [-0.1, -0.05) is 36.4 Å². The molecule has 2 saturated heterocycles. The summed E-state index contributed by atoms with van der Waals surface area (Å²) in [6.07, 6.45) is 0.518. The molecule has 182 valence electrons. The smallest absolute Gasteiger partial charge is 0.237 e. The van der Waals surface area contributed by atoms with E-state index in [9.17, 15) is 13.2 Å². The fourth-order valence-corrected chi connectivity index (χ4v) is 6.64. The molecule has 1 atom stereocenters. The molecule has 2 aromatic rings. The lowest BCUT2D eigenvalue weighted by Crippen LogP contribution is -2.51. The minimum atomic E-state index is -3.07. The Bertz CT molecular complexity index is 1120. The molecule has 3 aliphatic heterocycles. The van der Waals surface area contributed by atoms with Crippen molar-refractivity contribution in [1.29, 1.82) is 0 Å². The molecule has 9 heteroatoms. The maximum absolute atomic E-state index is 13.3. The first-order valence-electron chi connectivity index (χ1n) is 11.8. The van der Waals surface area contributed by atoms with Crippen molar-refractivity contribution in [1.82, 2.24) is 14.7 Å². The second-order valence-corrected chi connectivity index (χ2v) is 11.5. The molecule has 3 heterocycles. The van der Waals surface area contributed by atoms with Gasteiger partial charge >= 0.3 is 0 Å². The molecule has 1 unspecified atom stereocenters. The normalized spacial score (nSPS) is 22.1. The molecule has 0 aromatic heterocycles. The molecule has 3 aliphatic rings. The second kappa shape index (κ2) is 9.93. The Morgan fingerprint density at radius 3 is 2.41 bits per heavy atom. The van der Waals surface area contributed by atoms with Gasteiger partial charge in [0.05, 0.1) is 18.1 Å². The molecule has 0 aliphatic carbocycles. The molecule has 34 heavy (non-hydrogen) atoms. The number of nitrogens with zero attached hydrogens (tertiary/aromatic N) is 3. The molecule has 0 spiro atoms. The van der Waals surface area contributed by atoms with E-state index < -0.39 is 9.84 Å². The molecule has 1 amide bonds. The van der Waals surface area contributed by atoms with Gasteiger partial charge in [-0.05, 0) is 29.7 Å². The van der Waals surface area contributed by atoms with Crippen molar-refractivity contribution in [2.24, 2.45) is 0 Å². The Hall–Kier alpha value is -2.62. The molecule has 0 saturated carbocycles. The van der Waals surface area contributed by atoms with Crippen LogP contribution in [0.25, 0.3) is 0 Å². The van der Waals surface area contributed by atoms with E-state index in [0.29, 0.717) is 19.5 Å². The van der Waals surface area contributed by atoms with Crippen molar-refractivity contribution in [2.75, 3.05) is 51.0 Å². The van der Waals surface area contributed by atoms with E-state index in [1.54, 1.807) is 4.90 Å². The zero-order chi connectivity index (χ0) is 23.5. The van der Waals surface area contributed by atoms with Crippen LogP contribution < -0.4 is 9.47 Å². The number of hydrogen-bond acceptors (Lipinski definition) is 7. The average Bonchev–Trinajstić information content (AvgIpc) is 3.44. The molecule has 0 N–H and O–H groups in total. The van der Waals surface area contributed by atoms with E-state index in [1.807, 2.05) is 42.5 Å². The maximum atomic E-state index is 13.3. The van der Waals surface area contributed by atoms with Gasteiger partial charge in [-0.15, -0.1) is 0 Å². The van der Waals surface area contributed by atoms with E-state index in [-0.39, 0.29) is 30.2 Å². The number of piperazine rings is 1. The maximum Gasteiger partial charge on any atom is 0.237 e. The summed E-state index contributed by atoms with van der Waals surface area (Å²) in [6, 6.07) is 15.6. The van der Waals surface area contributed by atoms with Crippen LogP contribution in [-0.4, -0.2) is 86.1 Å². The largest absolute Gasteiger partial charge is 0.454 e. The van der Waals surface area contributed by atoms with Crippen LogP contribution in [0.1, 0.15) is 17.5 Å². The van der Waals surface area contributed by atoms with Crippen LogP contribution in [-0.2, 0) is 27.7 Å². The molecule has 0 bridgehead atoms. The zero-order valence-electron chi connectivity index (χ0n) is 19.3. The molecular formula is C25H31N3O5S. The molecular weight excluding hydrogens is 454 g/mol. The summed E-state index contributed by atoms with van der Waals surface area (Å²) >= 11 is 0. The highest BCUT2D eigenvalue weighted by molar-refractivity contribution is 7.91. The number of carbonyl (C=O) groups is 1. The van der Waals surface area contributed by atoms with Gasteiger partial charge in [-0.2, -0.15) is 0 Å². The Labute approximate surface area is 201 Å². The number of ether oxygens (including phenoxy) is 2. The molecule has 2 aromatic carbocycles. The fourth-order valence-electron chi connectivity index (χ4n) is 4.91. The van der Waals surface area contributed by atoms with Gasteiger partial charge in [0.15, 0.2) is 21.3 Å². The van der Waals surface area contributed by atoms with Gasteiger partial charge in [0.1, 0.15) is 0 Å². The van der Waals surface area contributed by atoms with Crippen LogP contribution in [0.4, 0.5) is 0 Å². The number of benzene rings is 2.